The number of halogens is 1. The third-order valence-corrected chi connectivity index (χ3v) is 3.04. The summed E-state index contributed by atoms with van der Waals surface area (Å²) in [7, 11) is 1.73. The van der Waals surface area contributed by atoms with Crippen LogP contribution in [0.1, 0.15) is 6.42 Å². The Labute approximate surface area is 128 Å². The van der Waals surface area contributed by atoms with Gasteiger partial charge < -0.3 is 16.0 Å². The van der Waals surface area contributed by atoms with Gasteiger partial charge in [0.15, 0.2) is 11.0 Å². The molecule has 0 unspecified atom stereocenters. The summed E-state index contributed by atoms with van der Waals surface area (Å²) in [6, 6.07) is 9.32. The summed E-state index contributed by atoms with van der Waals surface area (Å²) in [4.78, 5) is 19.8. The molecule has 3 N–H and O–H groups in total. The van der Waals surface area contributed by atoms with Gasteiger partial charge in [-0.25, -0.2) is 9.97 Å². The van der Waals surface area contributed by atoms with E-state index in [0.29, 0.717) is 29.6 Å². The lowest BCUT2D eigenvalue weighted by Gasteiger charge is -2.11. The van der Waals surface area contributed by atoms with Crippen LogP contribution in [0.15, 0.2) is 36.7 Å². The van der Waals surface area contributed by atoms with Crippen LogP contribution in [0, 0.1) is 0 Å². The van der Waals surface area contributed by atoms with Gasteiger partial charge in [0.25, 0.3) is 0 Å². The molecule has 0 atom stereocenters. The lowest BCUT2D eigenvalue weighted by Crippen LogP contribution is -2.17. The standard InChI is InChI=1S/C14H16ClN5O/c1-16-12-13(15)18-9-19-14(12)17-8-7-11(21)20-10-5-3-2-4-6-10/h2-6,9,16H,7-8H2,1H3,(H,20,21)(H,17,18,19). The summed E-state index contributed by atoms with van der Waals surface area (Å²) in [5.74, 6) is 0.505. The Kier molecular flexibility index (Phi) is 5.34. The molecule has 0 saturated heterocycles. The highest BCUT2D eigenvalue weighted by molar-refractivity contribution is 6.32. The molecule has 1 aromatic heterocycles. The molecule has 0 aliphatic carbocycles. The summed E-state index contributed by atoms with van der Waals surface area (Å²) in [5.41, 5.74) is 1.39. The highest BCUT2D eigenvalue weighted by Crippen LogP contribution is 2.25. The van der Waals surface area contributed by atoms with Crippen molar-refractivity contribution >= 4 is 34.7 Å². The van der Waals surface area contributed by atoms with Crippen LogP contribution >= 0.6 is 11.6 Å². The molecule has 0 spiro atoms. The van der Waals surface area contributed by atoms with Gasteiger partial charge in [-0.2, -0.15) is 0 Å². The molecule has 0 saturated carbocycles. The van der Waals surface area contributed by atoms with Crippen LogP contribution in [0.3, 0.4) is 0 Å². The van der Waals surface area contributed by atoms with Gasteiger partial charge in [0, 0.05) is 25.7 Å². The van der Waals surface area contributed by atoms with Crippen LogP contribution in [0.5, 0.6) is 0 Å². The Morgan fingerprint density at radius 2 is 2.00 bits per heavy atom. The normalized spacial score (nSPS) is 10.0. The van der Waals surface area contributed by atoms with Crippen LogP contribution in [0.4, 0.5) is 17.2 Å². The zero-order valence-corrected chi connectivity index (χ0v) is 12.3. The number of anilines is 3. The predicted molar refractivity (Wildman–Crippen MR) is 84.8 cm³/mol. The molecule has 6 nitrogen and oxygen atoms in total. The van der Waals surface area contributed by atoms with E-state index in [-0.39, 0.29) is 5.91 Å². The monoisotopic (exact) mass is 305 g/mol. The molecule has 0 aliphatic heterocycles. The number of amides is 1. The van der Waals surface area contributed by atoms with Gasteiger partial charge in [-0.1, -0.05) is 29.8 Å². The van der Waals surface area contributed by atoms with Crippen molar-refractivity contribution in [2.24, 2.45) is 0 Å². The van der Waals surface area contributed by atoms with Crippen LogP contribution in [-0.4, -0.2) is 29.5 Å². The quantitative estimate of drug-likeness (QED) is 0.715. The van der Waals surface area contributed by atoms with Crippen molar-refractivity contribution in [1.29, 1.82) is 0 Å². The second-order valence-electron chi connectivity index (χ2n) is 4.23. The summed E-state index contributed by atoms with van der Waals surface area (Å²) in [5, 5.41) is 9.14. The van der Waals surface area contributed by atoms with Gasteiger partial charge in [0.1, 0.15) is 12.0 Å². The van der Waals surface area contributed by atoms with E-state index in [0.717, 1.165) is 5.69 Å². The van der Waals surface area contributed by atoms with E-state index in [1.807, 2.05) is 30.3 Å². The van der Waals surface area contributed by atoms with Gasteiger partial charge in [-0.3, -0.25) is 4.79 Å². The van der Waals surface area contributed by atoms with Crippen molar-refractivity contribution in [2.75, 3.05) is 29.5 Å². The first-order chi connectivity index (χ1) is 10.2. The molecule has 7 heteroatoms. The Bertz CT molecular complexity index is 606. The van der Waals surface area contributed by atoms with E-state index in [1.165, 1.54) is 6.33 Å². The summed E-state index contributed by atoms with van der Waals surface area (Å²) in [6.45, 7) is 0.445. The van der Waals surface area contributed by atoms with Gasteiger partial charge in [-0.05, 0) is 12.1 Å². The van der Waals surface area contributed by atoms with Gasteiger partial charge in [0.05, 0.1) is 0 Å². The number of aromatic nitrogens is 2. The number of nitrogens with zero attached hydrogens (tertiary/aromatic N) is 2. The molecular formula is C14H16ClN5O. The number of hydrogen-bond acceptors (Lipinski definition) is 5. The van der Waals surface area contributed by atoms with Crippen LogP contribution in [0.2, 0.25) is 5.15 Å². The van der Waals surface area contributed by atoms with Crippen molar-refractivity contribution in [1.82, 2.24) is 9.97 Å². The fourth-order valence-corrected chi connectivity index (χ4v) is 1.99. The van der Waals surface area contributed by atoms with Crippen molar-refractivity contribution in [3.8, 4) is 0 Å². The number of nitrogens with one attached hydrogen (secondary N) is 3. The minimum absolute atomic E-state index is 0.0696. The van der Waals surface area contributed by atoms with E-state index >= 15 is 0 Å². The average molecular weight is 306 g/mol. The maximum Gasteiger partial charge on any atom is 0.226 e. The second kappa shape index (κ2) is 7.44. The molecule has 1 aromatic carbocycles. The second-order valence-corrected chi connectivity index (χ2v) is 4.59. The molecule has 0 bridgehead atoms. The Morgan fingerprint density at radius 1 is 1.24 bits per heavy atom. The molecule has 1 amide bonds. The van der Waals surface area contributed by atoms with Crippen LogP contribution in [-0.2, 0) is 4.79 Å². The fraction of sp³-hybridized carbons (Fsp3) is 0.214. The zero-order chi connectivity index (χ0) is 15.1. The molecule has 2 aromatic rings. The van der Waals surface area contributed by atoms with E-state index in [1.54, 1.807) is 7.05 Å². The van der Waals surface area contributed by atoms with Crippen LogP contribution in [0.25, 0.3) is 0 Å². The molecule has 0 aliphatic rings. The average Bonchev–Trinajstić information content (AvgIpc) is 2.48. The number of para-hydroxylation sites is 1. The third kappa shape index (κ3) is 4.32. The number of carbonyl (C=O) groups is 1. The molecule has 21 heavy (non-hydrogen) atoms. The van der Waals surface area contributed by atoms with Gasteiger partial charge in [-0.15, -0.1) is 0 Å². The summed E-state index contributed by atoms with van der Waals surface area (Å²) < 4.78 is 0. The number of hydrogen-bond donors (Lipinski definition) is 3. The Hall–Kier alpha value is -2.34. The lowest BCUT2D eigenvalue weighted by atomic mass is 10.3. The topological polar surface area (TPSA) is 78.9 Å². The Balaban J connectivity index is 1.84. The molecule has 2 rings (SSSR count). The minimum Gasteiger partial charge on any atom is -0.383 e. The first kappa shape index (κ1) is 15.1. The van der Waals surface area contributed by atoms with E-state index in [4.69, 9.17) is 11.6 Å². The molecular weight excluding hydrogens is 290 g/mol. The first-order valence-electron chi connectivity index (χ1n) is 6.47. The number of rotatable bonds is 6. The largest absolute Gasteiger partial charge is 0.383 e. The highest BCUT2D eigenvalue weighted by Gasteiger charge is 2.08. The number of carbonyl (C=O) groups excluding carboxylic acids is 1. The maximum atomic E-state index is 11.8. The van der Waals surface area contributed by atoms with Crippen molar-refractivity contribution in [2.45, 2.75) is 6.42 Å². The lowest BCUT2D eigenvalue weighted by molar-refractivity contribution is -0.115. The fourth-order valence-electron chi connectivity index (χ4n) is 1.76. The van der Waals surface area contributed by atoms with Gasteiger partial charge >= 0.3 is 0 Å². The molecule has 0 fully saturated rings. The predicted octanol–water partition coefficient (Wildman–Crippen LogP) is 2.61. The maximum absolute atomic E-state index is 11.8. The van der Waals surface area contributed by atoms with Crippen molar-refractivity contribution < 1.29 is 4.79 Å². The Morgan fingerprint density at radius 3 is 2.71 bits per heavy atom. The van der Waals surface area contributed by atoms with Crippen molar-refractivity contribution in [3.05, 3.63) is 41.8 Å². The first-order valence-corrected chi connectivity index (χ1v) is 6.85. The SMILES string of the molecule is CNc1c(Cl)ncnc1NCCC(=O)Nc1ccccc1. The molecule has 1 heterocycles. The van der Waals surface area contributed by atoms with Gasteiger partial charge in [0.2, 0.25) is 5.91 Å². The highest BCUT2D eigenvalue weighted by atomic mass is 35.5. The third-order valence-electron chi connectivity index (χ3n) is 2.75. The molecule has 110 valence electrons. The zero-order valence-electron chi connectivity index (χ0n) is 11.6. The van der Waals surface area contributed by atoms with Crippen LogP contribution < -0.4 is 16.0 Å². The summed E-state index contributed by atoms with van der Waals surface area (Å²) in [6.07, 6.45) is 1.69. The summed E-state index contributed by atoms with van der Waals surface area (Å²) >= 11 is 5.95. The minimum atomic E-state index is -0.0696. The van der Waals surface area contributed by atoms with E-state index in [2.05, 4.69) is 25.9 Å². The molecule has 0 radical (unpaired) electrons. The smallest absolute Gasteiger partial charge is 0.226 e. The van der Waals surface area contributed by atoms with E-state index < -0.39 is 0 Å². The van der Waals surface area contributed by atoms with E-state index in [9.17, 15) is 4.79 Å². The number of benzene rings is 1. The van der Waals surface area contributed by atoms with Crippen molar-refractivity contribution in [3.63, 3.8) is 0 Å².